The first kappa shape index (κ1) is 11.9. The number of hydrogen-bond acceptors (Lipinski definition) is 3. The third-order valence-electron chi connectivity index (χ3n) is 1.76. The van der Waals surface area contributed by atoms with Crippen LogP contribution in [0.5, 0.6) is 0 Å². The first-order valence-electron chi connectivity index (χ1n) is 4.46. The minimum absolute atomic E-state index is 0.0906. The molecule has 0 aromatic heterocycles. The molecule has 1 aromatic carbocycles. The minimum atomic E-state index is -1.03. The van der Waals surface area contributed by atoms with E-state index in [4.69, 9.17) is 5.26 Å². The number of anilines is 1. The largest absolute Gasteiger partial charge is 0.374 e. The van der Waals surface area contributed by atoms with Gasteiger partial charge in [-0.1, -0.05) is 6.07 Å². The van der Waals surface area contributed by atoms with Gasteiger partial charge in [0.2, 0.25) is 5.91 Å². The Morgan fingerprint density at radius 2 is 2.19 bits per heavy atom. The van der Waals surface area contributed by atoms with Crippen LogP contribution in [-0.4, -0.2) is 19.0 Å². The SMILES string of the molecule is N#CCNC(=O)CNc1cccc(F)c1F. The monoisotopic (exact) mass is 225 g/mol. The predicted molar refractivity (Wildman–Crippen MR) is 53.5 cm³/mol. The van der Waals surface area contributed by atoms with E-state index in [1.54, 1.807) is 6.07 Å². The van der Waals surface area contributed by atoms with Gasteiger partial charge in [0.15, 0.2) is 11.6 Å². The Bertz CT molecular complexity index is 429. The van der Waals surface area contributed by atoms with Crippen molar-refractivity contribution in [3.05, 3.63) is 29.8 Å². The Labute approximate surface area is 90.9 Å². The van der Waals surface area contributed by atoms with E-state index in [1.165, 1.54) is 12.1 Å². The van der Waals surface area contributed by atoms with Crippen molar-refractivity contribution < 1.29 is 13.6 Å². The predicted octanol–water partition coefficient (Wildman–Crippen LogP) is 1.02. The molecule has 0 aliphatic rings. The van der Waals surface area contributed by atoms with Crippen LogP contribution in [-0.2, 0) is 4.79 Å². The van der Waals surface area contributed by atoms with Crippen LogP contribution in [0.25, 0.3) is 0 Å². The van der Waals surface area contributed by atoms with E-state index in [9.17, 15) is 13.6 Å². The van der Waals surface area contributed by atoms with E-state index in [0.717, 1.165) is 6.07 Å². The van der Waals surface area contributed by atoms with Gasteiger partial charge in [0.25, 0.3) is 0 Å². The number of benzene rings is 1. The van der Waals surface area contributed by atoms with Gasteiger partial charge in [0.1, 0.15) is 6.54 Å². The van der Waals surface area contributed by atoms with Gasteiger partial charge >= 0.3 is 0 Å². The van der Waals surface area contributed by atoms with Gasteiger partial charge in [-0.25, -0.2) is 8.78 Å². The first-order chi connectivity index (χ1) is 7.65. The Kier molecular flexibility index (Phi) is 4.21. The standard InChI is InChI=1S/C10H9F2N3O/c11-7-2-1-3-8(10(7)12)15-6-9(16)14-5-4-13/h1-3,15H,5-6H2,(H,14,16). The molecule has 0 heterocycles. The lowest BCUT2D eigenvalue weighted by Crippen LogP contribution is -2.30. The zero-order valence-electron chi connectivity index (χ0n) is 8.26. The molecule has 0 atom stereocenters. The molecule has 2 N–H and O–H groups in total. The van der Waals surface area contributed by atoms with Crippen LogP contribution < -0.4 is 10.6 Å². The zero-order chi connectivity index (χ0) is 12.0. The lowest BCUT2D eigenvalue weighted by atomic mass is 10.3. The molecule has 0 spiro atoms. The second-order valence-corrected chi connectivity index (χ2v) is 2.89. The molecule has 0 aliphatic heterocycles. The summed E-state index contributed by atoms with van der Waals surface area (Å²) in [6.45, 7) is -0.339. The van der Waals surface area contributed by atoms with Crippen LogP contribution in [0, 0.1) is 23.0 Å². The molecule has 4 nitrogen and oxygen atoms in total. The third-order valence-corrected chi connectivity index (χ3v) is 1.76. The molecule has 6 heteroatoms. The number of carbonyl (C=O) groups is 1. The van der Waals surface area contributed by atoms with Crippen molar-refractivity contribution in [3.8, 4) is 6.07 Å². The molecule has 84 valence electrons. The van der Waals surface area contributed by atoms with E-state index >= 15 is 0 Å². The van der Waals surface area contributed by atoms with Gasteiger partial charge in [-0.05, 0) is 12.1 Å². The van der Waals surface area contributed by atoms with E-state index in [1.807, 2.05) is 0 Å². The fourth-order valence-electron chi connectivity index (χ4n) is 1.02. The van der Waals surface area contributed by atoms with Crippen molar-refractivity contribution in [3.63, 3.8) is 0 Å². The normalized spacial score (nSPS) is 9.31. The van der Waals surface area contributed by atoms with Crippen molar-refractivity contribution >= 4 is 11.6 Å². The summed E-state index contributed by atoms with van der Waals surface area (Å²) >= 11 is 0. The summed E-state index contributed by atoms with van der Waals surface area (Å²) in [5.74, 6) is -2.48. The molecule has 0 saturated heterocycles. The van der Waals surface area contributed by atoms with Crippen LogP contribution in [0.2, 0.25) is 0 Å². The summed E-state index contributed by atoms with van der Waals surface area (Å²) < 4.78 is 25.8. The fraction of sp³-hybridized carbons (Fsp3) is 0.200. The van der Waals surface area contributed by atoms with Gasteiger partial charge < -0.3 is 10.6 Å². The highest BCUT2D eigenvalue weighted by Crippen LogP contribution is 2.15. The number of hydrogen-bond donors (Lipinski definition) is 2. The van der Waals surface area contributed by atoms with Crippen molar-refractivity contribution in [1.29, 1.82) is 5.26 Å². The lowest BCUT2D eigenvalue weighted by Gasteiger charge is -2.06. The van der Waals surface area contributed by atoms with E-state index in [0.29, 0.717) is 0 Å². The fourth-order valence-corrected chi connectivity index (χ4v) is 1.02. The van der Waals surface area contributed by atoms with Crippen LogP contribution in [0.3, 0.4) is 0 Å². The Morgan fingerprint density at radius 1 is 1.44 bits per heavy atom. The van der Waals surface area contributed by atoms with Gasteiger partial charge in [0, 0.05) is 0 Å². The third kappa shape index (κ3) is 3.20. The number of carbonyl (C=O) groups excluding carboxylic acids is 1. The van der Waals surface area contributed by atoms with Gasteiger partial charge in [0.05, 0.1) is 18.3 Å². The number of nitrogens with one attached hydrogen (secondary N) is 2. The molecule has 0 radical (unpaired) electrons. The summed E-state index contributed by atoms with van der Waals surface area (Å²) in [7, 11) is 0. The average Bonchev–Trinajstić information content (AvgIpc) is 2.28. The zero-order valence-corrected chi connectivity index (χ0v) is 8.26. The number of nitrogens with zero attached hydrogens (tertiary/aromatic N) is 1. The van der Waals surface area contributed by atoms with Crippen LogP contribution in [0.15, 0.2) is 18.2 Å². The molecular weight excluding hydrogens is 216 g/mol. The maximum Gasteiger partial charge on any atom is 0.240 e. The number of rotatable bonds is 4. The van der Waals surface area contributed by atoms with Crippen molar-refractivity contribution in [2.24, 2.45) is 0 Å². The summed E-state index contributed by atoms with van der Waals surface area (Å²) in [5.41, 5.74) is -0.0906. The second-order valence-electron chi connectivity index (χ2n) is 2.89. The van der Waals surface area contributed by atoms with Gasteiger partial charge in [-0.3, -0.25) is 4.79 Å². The molecule has 16 heavy (non-hydrogen) atoms. The minimum Gasteiger partial charge on any atom is -0.374 e. The number of nitriles is 1. The second kappa shape index (κ2) is 5.66. The summed E-state index contributed by atoms with van der Waals surface area (Å²) in [4.78, 5) is 11.0. The molecule has 0 bridgehead atoms. The molecular formula is C10H9F2N3O. The van der Waals surface area contributed by atoms with E-state index in [2.05, 4.69) is 10.6 Å². The lowest BCUT2D eigenvalue weighted by molar-refractivity contribution is -0.119. The maximum absolute atomic E-state index is 13.1. The van der Waals surface area contributed by atoms with Crippen molar-refractivity contribution in [2.45, 2.75) is 0 Å². The van der Waals surface area contributed by atoms with Crippen molar-refractivity contribution in [2.75, 3.05) is 18.4 Å². The maximum atomic E-state index is 13.1. The number of amides is 1. The van der Waals surface area contributed by atoms with Crippen LogP contribution in [0.4, 0.5) is 14.5 Å². The summed E-state index contributed by atoms with van der Waals surface area (Å²) in [6.07, 6.45) is 0. The first-order valence-corrected chi connectivity index (χ1v) is 4.46. The van der Waals surface area contributed by atoms with Crippen molar-refractivity contribution in [1.82, 2.24) is 5.32 Å². The Morgan fingerprint density at radius 3 is 2.88 bits per heavy atom. The molecule has 0 saturated carbocycles. The summed E-state index contributed by atoms with van der Waals surface area (Å²) in [5, 5.41) is 12.9. The Balaban J connectivity index is 2.52. The molecule has 1 aromatic rings. The van der Waals surface area contributed by atoms with Crippen LogP contribution >= 0.6 is 0 Å². The van der Waals surface area contributed by atoms with Gasteiger partial charge in [-0.15, -0.1) is 0 Å². The quantitative estimate of drug-likeness (QED) is 0.752. The topological polar surface area (TPSA) is 64.9 Å². The molecule has 1 amide bonds. The molecule has 0 aliphatic carbocycles. The summed E-state index contributed by atoms with van der Waals surface area (Å²) in [6, 6.07) is 5.35. The van der Waals surface area contributed by atoms with E-state index < -0.39 is 17.5 Å². The van der Waals surface area contributed by atoms with E-state index in [-0.39, 0.29) is 18.8 Å². The molecule has 0 fully saturated rings. The number of halogens is 2. The Hall–Kier alpha value is -2.16. The average molecular weight is 225 g/mol. The highest BCUT2D eigenvalue weighted by atomic mass is 19.2. The van der Waals surface area contributed by atoms with Gasteiger partial charge in [-0.2, -0.15) is 5.26 Å². The smallest absolute Gasteiger partial charge is 0.240 e. The molecule has 0 unspecified atom stereocenters. The highest BCUT2D eigenvalue weighted by molar-refractivity contribution is 5.80. The highest BCUT2D eigenvalue weighted by Gasteiger charge is 2.08. The van der Waals surface area contributed by atoms with Crippen LogP contribution in [0.1, 0.15) is 0 Å². The molecule has 1 rings (SSSR count).